The summed E-state index contributed by atoms with van der Waals surface area (Å²) in [5.74, 6) is 2.73. The van der Waals surface area contributed by atoms with E-state index in [1.165, 1.54) is 44.9 Å². The smallest absolute Gasteiger partial charge is 0.127 e. The molecule has 0 bridgehead atoms. The van der Waals surface area contributed by atoms with E-state index in [1.54, 1.807) is 0 Å². The zero-order valence-electron chi connectivity index (χ0n) is 19.5. The van der Waals surface area contributed by atoms with Gasteiger partial charge in [-0.25, -0.2) is 0 Å². The molecule has 0 unspecified atom stereocenters. The number of unbranched alkanes of at least 4 members (excludes halogenated alkanes) is 6. The third-order valence-corrected chi connectivity index (χ3v) is 4.69. The molecule has 172 valence electrons. The van der Waals surface area contributed by atoms with Gasteiger partial charge in [-0.15, -0.1) is 0 Å². The Kier molecular flexibility index (Phi) is 14.2. The third-order valence-electron chi connectivity index (χ3n) is 4.69. The van der Waals surface area contributed by atoms with Gasteiger partial charge < -0.3 is 14.2 Å². The minimum absolute atomic E-state index is 0.859. The van der Waals surface area contributed by atoms with E-state index in [0.29, 0.717) is 0 Å². The van der Waals surface area contributed by atoms with E-state index in [1.807, 2.05) is 91.0 Å². The van der Waals surface area contributed by atoms with Gasteiger partial charge in [-0.1, -0.05) is 100 Å². The van der Waals surface area contributed by atoms with E-state index in [9.17, 15) is 0 Å². The maximum atomic E-state index is 5.63. The summed E-state index contributed by atoms with van der Waals surface area (Å²) in [7, 11) is 0. The van der Waals surface area contributed by atoms with Gasteiger partial charge in [0.2, 0.25) is 0 Å². The second-order valence-electron chi connectivity index (χ2n) is 7.62. The maximum Gasteiger partial charge on any atom is 0.127 e. The highest BCUT2D eigenvalue weighted by Gasteiger charge is 1.94. The zero-order chi connectivity index (χ0) is 22.5. The largest absolute Gasteiger partial charge is 0.494 e. The molecular weight excluding hydrogens is 396 g/mol. The summed E-state index contributed by atoms with van der Waals surface area (Å²) >= 11 is 0. The number of epoxide rings is 1. The van der Waals surface area contributed by atoms with Crippen LogP contribution in [-0.4, -0.2) is 19.8 Å². The lowest BCUT2D eigenvalue weighted by molar-refractivity contribution is 0.304. The van der Waals surface area contributed by atoms with Crippen molar-refractivity contribution in [3.8, 4) is 17.2 Å². The van der Waals surface area contributed by atoms with Gasteiger partial charge in [-0.2, -0.15) is 0 Å². The summed E-state index contributed by atoms with van der Waals surface area (Å²) in [6.07, 6.45) is 9.35. The second-order valence-corrected chi connectivity index (χ2v) is 7.62. The fourth-order valence-electron chi connectivity index (χ4n) is 2.88. The van der Waals surface area contributed by atoms with Crippen LogP contribution in [0.2, 0.25) is 0 Å². The Labute approximate surface area is 194 Å². The van der Waals surface area contributed by atoms with Crippen molar-refractivity contribution in [3.05, 3.63) is 91.0 Å². The molecule has 0 saturated carbocycles. The fraction of sp³-hybridized carbons (Fsp3) is 0.379. The molecule has 3 heteroatoms. The summed E-state index contributed by atoms with van der Waals surface area (Å²) in [5.41, 5.74) is 0. The molecular formula is C29H38O3. The highest BCUT2D eigenvalue weighted by atomic mass is 16.6. The highest BCUT2D eigenvalue weighted by Crippen LogP contribution is 2.19. The molecule has 1 aliphatic heterocycles. The average Bonchev–Trinajstić information content (AvgIpc) is 3.73. The van der Waals surface area contributed by atoms with Gasteiger partial charge in [0.1, 0.15) is 17.2 Å². The molecule has 1 saturated heterocycles. The maximum absolute atomic E-state index is 5.63. The molecule has 1 heterocycles. The van der Waals surface area contributed by atoms with Crippen LogP contribution in [0.5, 0.6) is 17.2 Å². The summed E-state index contributed by atoms with van der Waals surface area (Å²) in [6, 6.07) is 29.6. The standard InChI is InChI=1S/C15H24O.C12H10O.C2H4O/c1-2-3-4-5-6-7-11-14-16-15-12-9-8-10-13-15;1-3-7-11(8-4-1)13-12-9-5-2-6-10-12;1-2-3-1/h8-10,12-13H,2-7,11,14H2,1H3;1-10H;1-2H2. The quantitative estimate of drug-likeness (QED) is 0.224. The highest BCUT2D eigenvalue weighted by molar-refractivity contribution is 5.30. The van der Waals surface area contributed by atoms with Crippen molar-refractivity contribution >= 4 is 0 Å². The molecule has 0 spiro atoms. The van der Waals surface area contributed by atoms with E-state index in [0.717, 1.165) is 37.1 Å². The number of benzene rings is 3. The molecule has 1 aliphatic rings. The average molecular weight is 435 g/mol. The molecule has 0 atom stereocenters. The van der Waals surface area contributed by atoms with Gasteiger partial charge >= 0.3 is 0 Å². The Morgan fingerprint density at radius 1 is 0.562 bits per heavy atom. The lowest BCUT2D eigenvalue weighted by Gasteiger charge is -2.05. The van der Waals surface area contributed by atoms with E-state index < -0.39 is 0 Å². The molecule has 3 aromatic rings. The lowest BCUT2D eigenvalue weighted by atomic mass is 10.1. The predicted octanol–water partition coefficient (Wildman–Crippen LogP) is 8.31. The van der Waals surface area contributed by atoms with Crippen molar-refractivity contribution in [2.75, 3.05) is 19.8 Å². The van der Waals surface area contributed by atoms with Crippen LogP contribution in [-0.2, 0) is 4.74 Å². The van der Waals surface area contributed by atoms with Gasteiger partial charge in [0.25, 0.3) is 0 Å². The van der Waals surface area contributed by atoms with E-state index in [4.69, 9.17) is 9.47 Å². The summed E-state index contributed by atoms with van der Waals surface area (Å²) < 4.78 is 15.7. The van der Waals surface area contributed by atoms with Crippen molar-refractivity contribution < 1.29 is 14.2 Å². The SMILES string of the molecule is C1CO1.CCCCCCCCCOc1ccccc1.c1ccc(Oc2ccccc2)cc1. The van der Waals surface area contributed by atoms with E-state index in [-0.39, 0.29) is 0 Å². The first-order chi connectivity index (χ1) is 15.9. The van der Waals surface area contributed by atoms with Crippen molar-refractivity contribution in [1.29, 1.82) is 0 Å². The molecule has 3 nitrogen and oxygen atoms in total. The molecule has 1 fully saturated rings. The lowest BCUT2D eigenvalue weighted by Crippen LogP contribution is -1.96. The van der Waals surface area contributed by atoms with Crippen LogP contribution in [0.1, 0.15) is 51.9 Å². The number of hydrogen-bond acceptors (Lipinski definition) is 3. The minimum Gasteiger partial charge on any atom is -0.494 e. The molecule has 0 amide bonds. The molecule has 0 radical (unpaired) electrons. The van der Waals surface area contributed by atoms with Gasteiger partial charge in [0.05, 0.1) is 19.8 Å². The Balaban J connectivity index is 0.000000202. The topological polar surface area (TPSA) is 31.0 Å². The van der Waals surface area contributed by atoms with Crippen LogP contribution >= 0.6 is 0 Å². The van der Waals surface area contributed by atoms with Crippen LogP contribution in [0, 0.1) is 0 Å². The Bertz CT molecular complexity index is 733. The van der Waals surface area contributed by atoms with Gasteiger partial charge in [-0.05, 0) is 42.8 Å². The monoisotopic (exact) mass is 434 g/mol. The second kappa shape index (κ2) is 17.9. The summed E-state index contributed by atoms with van der Waals surface area (Å²) in [6.45, 7) is 5.12. The summed E-state index contributed by atoms with van der Waals surface area (Å²) in [5, 5.41) is 0. The first-order valence-electron chi connectivity index (χ1n) is 11.9. The minimum atomic E-state index is 0.859. The van der Waals surface area contributed by atoms with E-state index in [2.05, 4.69) is 11.7 Å². The van der Waals surface area contributed by atoms with Crippen molar-refractivity contribution in [3.63, 3.8) is 0 Å². The normalized spacial score (nSPS) is 11.3. The Hall–Kier alpha value is -2.78. The first-order valence-corrected chi connectivity index (χ1v) is 11.9. The molecule has 0 aromatic heterocycles. The summed E-state index contributed by atoms with van der Waals surface area (Å²) in [4.78, 5) is 0. The van der Waals surface area contributed by atoms with Crippen molar-refractivity contribution in [2.45, 2.75) is 51.9 Å². The van der Waals surface area contributed by atoms with Gasteiger partial charge in [-0.3, -0.25) is 0 Å². The number of hydrogen-bond donors (Lipinski definition) is 0. The van der Waals surface area contributed by atoms with Crippen LogP contribution in [0.25, 0.3) is 0 Å². The van der Waals surface area contributed by atoms with Crippen LogP contribution in [0.4, 0.5) is 0 Å². The molecule has 4 rings (SSSR count). The fourth-order valence-corrected chi connectivity index (χ4v) is 2.88. The molecule has 0 aliphatic carbocycles. The molecule has 0 N–H and O–H groups in total. The van der Waals surface area contributed by atoms with E-state index >= 15 is 0 Å². The Morgan fingerprint density at radius 2 is 0.969 bits per heavy atom. The zero-order valence-corrected chi connectivity index (χ0v) is 19.5. The van der Waals surface area contributed by atoms with Crippen molar-refractivity contribution in [2.24, 2.45) is 0 Å². The number of rotatable bonds is 11. The molecule has 3 aromatic carbocycles. The van der Waals surface area contributed by atoms with Crippen molar-refractivity contribution in [1.82, 2.24) is 0 Å². The van der Waals surface area contributed by atoms with Crippen LogP contribution in [0.15, 0.2) is 91.0 Å². The van der Waals surface area contributed by atoms with Gasteiger partial charge in [0.15, 0.2) is 0 Å². The van der Waals surface area contributed by atoms with Crippen LogP contribution in [0.3, 0.4) is 0 Å². The third kappa shape index (κ3) is 14.3. The predicted molar refractivity (Wildman–Crippen MR) is 134 cm³/mol. The van der Waals surface area contributed by atoms with Gasteiger partial charge in [0, 0.05) is 0 Å². The Morgan fingerprint density at radius 3 is 1.41 bits per heavy atom. The van der Waals surface area contributed by atoms with Crippen LogP contribution < -0.4 is 9.47 Å². The number of ether oxygens (including phenoxy) is 3. The number of para-hydroxylation sites is 3. The molecule has 32 heavy (non-hydrogen) atoms. The first kappa shape index (κ1) is 25.5.